The molecule has 1 aromatic heterocycles. The third-order valence-corrected chi connectivity index (χ3v) is 4.73. The Morgan fingerprint density at radius 2 is 1.92 bits per heavy atom. The van der Waals surface area contributed by atoms with Crippen LogP contribution in [-0.4, -0.2) is 16.9 Å². The Balaban J connectivity index is 1.84. The van der Waals surface area contributed by atoms with E-state index in [0.29, 0.717) is 17.7 Å². The molecule has 0 radical (unpaired) electrons. The topological polar surface area (TPSA) is 51.2 Å². The van der Waals surface area contributed by atoms with E-state index in [1.54, 1.807) is 18.3 Å². The third-order valence-electron chi connectivity index (χ3n) is 4.14. The van der Waals surface area contributed by atoms with Crippen molar-refractivity contribution in [2.45, 2.75) is 13.2 Å². The zero-order valence-corrected chi connectivity index (χ0v) is 13.9. The number of hydrogen-bond acceptors (Lipinski definition) is 4. The van der Waals surface area contributed by atoms with Crippen molar-refractivity contribution in [2.24, 2.45) is 0 Å². The van der Waals surface area contributed by atoms with Crippen LogP contribution in [0.15, 0.2) is 41.9 Å². The Labute approximate surface area is 150 Å². The van der Waals surface area contributed by atoms with Crippen LogP contribution in [-0.2, 0) is 6.54 Å². The molecule has 1 N–H and O–H groups in total. The quantitative estimate of drug-likeness (QED) is 0.731. The number of alkyl halides is 2. The second-order valence-electron chi connectivity index (χ2n) is 5.67. The summed E-state index contributed by atoms with van der Waals surface area (Å²) in [5.74, 6) is -1.21. The first-order valence-electron chi connectivity index (χ1n) is 7.62. The maximum atomic E-state index is 14.5. The van der Waals surface area contributed by atoms with Crippen LogP contribution in [0.5, 0.6) is 5.75 Å². The molecule has 3 aromatic rings. The zero-order chi connectivity index (χ0) is 18.3. The van der Waals surface area contributed by atoms with Crippen LogP contribution in [0.3, 0.4) is 0 Å². The van der Waals surface area contributed by atoms with Crippen molar-refractivity contribution in [1.29, 1.82) is 0 Å². The van der Waals surface area contributed by atoms with Crippen LogP contribution in [0.2, 0.25) is 0 Å². The highest BCUT2D eigenvalue weighted by molar-refractivity contribution is 7.03. The Hall–Kier alpha value is -2.87. The number of ether oxygens (including phenoxy) is 1. The van der Waals surface area contributed by atoms with Crippen molar-refractivity contribution >= 4 is 17.4 Å². The number of halogens is 3. The van der Waals surface area contributed by atoms with Gasteiger partial charge >= 0.3 is 6.61 Å². The summed E-state index contributed by atoms with van der Waals surface area (Å²) < 4.78 is 47.3. The Kier molecular flexibility index (Phi) is 4.12. The summed E-state index contributed by atoms with van der Waals surface area (Å²) >= 11 is 1.28. The average Bonchev–Trinajstić information content (AvgIpc) is 3.24. The molecular weight excluding hydrogens is 365 g/mol. The summed E-state index contributed by atoms with van der Waals surface area (Å²) in [6.45, 7) is -2.63. The van der Waals surface area contributed by atoms with Gasteiger partial charge in [0.15, 0.2) is 0 Å². The molecule has 1 amide bonds. The Morgan fingerprint density at radius 3 is 2.62 bits per heavy atom. The van der Waals surface area contributed by atoms with Gasteiger partial charge < -0.3 is 10.1 Å². The summed E-state index contributed by atoms with van der Waals surface area (Å²) in [5.41, 5.74) is 3.59. The van der Waals surface area contributed by atoms with Crippen LogP contribution in [0, 0.1) is 5.82 Å². The first-order chi connectivity index (χ1) is 12.5. The van der Waals surface area contributed by atoms with Crippen molar-refractivity contribution < 1.29 is 22.7 Å². The largest absolute Gasteiger partial charge is 0.435 e. The second kappa shape index (κ2) is 6.45. The molecule has 2 heterocycles. The molecule has 0 saturated carbocycles. The van der Waals surface area contributed by atoms with Crippen LogP contribution in [0.1, 0.15) is 15.9 Å². The molecule has 0 aliphatic carbocycles. The van der Waals surface area contributed by atoms with Gasteiger partial charge in [0.2, 0.25) is 0 Å². The number of nitrogens with one attached hydrogen (secondary N) is 1. The van der Waals surface area contributed by atoms with Crippen LogP contribution in [0.4, 0.5) is 13.2 Å². The van der Waals surface area contributed by atoms with Gasteiger partial charge in [-0.2, -0.15) is 8.78 Å². The number of benzene rings is 2. The van der Waals surface area contributed by atoms with E-state index in [-0.39, 0.29) is 17.2 Å². The van der Waals surface area contributed by atoms with Gasteiger partial charge in [-0.05, 0) is 52.5 Å². The van der Waals surface area contributed by atoms with E-state index in [4.69, 9.17) is 0 Å². The van der Waals surface area contributed by atoms with Gasteiger partial charge in [-0.1, -0.05) is 0 Å². The molecule has 2 aromatic carbocycles. The first-order valence-corrected chi connectivity index (χ1v) is 8.46. The maximum absolute atomic E-state index is 14.5. The Bertz CT molecular complexity index is 990. The van der Waals surface area contributed by atoms with Crippen molar-refractivity contribution in [3.8, 4) is 28.0 Å². The lowest BCUT2D eigenvalue weighted by atomic mass is 9.93. The molecular formula is C18H11F3N2O2S. The van der Waals surface area contributed by atoms with Crippen LogP contribution < -0.4 is 10.1 Å². The molecule has 0 fully saturated rings. The van der Waals surface area contributed by atoms with Crippen LogP contribution in [0.25, 0.3) is 22.3 Å². The fourth-order valence-corrected chi connectivity index (χ4v) is 3.52. The van der Waals surface area contributed by atoms with E-state index in [1.165, 1.54) is 23.7 Å². The van der Waals surface area contributed by atoms with E-state index in [0.717, 1.165) is 22.8 Å². The molecule has 0 saturated heterocycles. The number of nitrogens with zero attached hydrogens (tertiary/aromatic N) is 1. The summed E-state index contributed by atoms with van der Waals surface area (Å²) in [6.07, 6.45) is 1.68. The number of hydrogen-bond donors (Lipinski definition) is 1. The third kappa shape index (κ3) is 2.92. The molecule has 26 heavy (non-hydrogen) atoms. The SMILES string of the molecule is O=C1NCc2c1cc(-c1ccc(OC(F)F)cc1F)cc2-c1cnsc1. The van der Waals surface area contributed by atoms with E-state index in [9.17, 15) is 18.0 Å². The fraction of sp³-hybridized carbons (Fsp3) is 0.111. The lowest BCUT2D eigenvalue weighted by Gasteiger charge is -2.12. The van der Waals surface area contributed by atoms with Crippen molar-refractivity contribution in [3.63, 3.8) is 0 Å². The first kappa shape index (κ1) is 16.6. The number of aromatic nitrogens is 1. The minimum absolute atomic E-state index is 0.193. The van der Waals surface area contributed by atoms with Gasteiger partial charge in [-0.25, -0.2) is 8.76 Å². The molecule has 4 nitrogen and oxygen atoms in total. The number of carbonyl (C=O) groups excluding carboxylic acids is 1. The number of amides is 1. The minimum atomic E-state index is -3.03. The van der Waals surface area contributed by atoms with Gasteiger partial charge in [-0.15, -0.1) is 0 Å². The Morgan fingerprint density at radius 1 is 1.12 bits per heavy atom. The average molecular weight is 376 g/mol. The van der Waals surface area contributed by atoms with E-state index in [1.807, 2.05) is 5.38 Å². The monoisotopic (exact) mass is 376 g/mol. The molecule has 1 aliphatic heterocycles. The van der Waals surface area contributed by atoms with E-state index in [2.05, 4.69) is 14.4 Å². The van der Waals surface area contributed by atoms with Crippen LogP contribution >= 0.6 is 11.5 Å². The van der Waals surface area contributed by atoms with E-state index >= 15 is 0 Å². The highest BCUT2D eigenvalue weighted by Gasteiger charge is 2.24. The van der Waals surface area contributed by atoms with Gasteiger partial charge in [-0.3, -0.25) is 4.79 Å². The van der Waals surface area contributed by atoms with Crippen molar-refractivity contribution in [2.75, 3.05) is 0 Å². The molecule has 0 spiro atoms. The maximum Gasteiger partial charge on any atom is 0.387 e. The van der Waals surface area contributed by atoms with Crippen molar-refractivity contribution in [1.82, 2.24) is 9.69 Å². The summed E-state index contributed by atoms with van der Waals surface area (Å²) in [4.78, 5) is 12.1. The standard InChI is InChI=1S/C18H11F3N2O2S/c19-16-5-11(25-18(20)21)1-2-12(16)9-3-13(10-6-23-26-8-10)15-7-22-17(24)14(15)4-9/h1-6,8,18H,7H2,(H,22,24). The molecule has 0 atom stereocenters. The summed E-state index contributed by atoms with van der Waals surface area (Å²) in [5, 5.41) is 4.60. The summed E-state index contributed by atoms with van der Waals surface area (Å²) in [6, 6.07) is 6.91. The van der Waals surface area contributed by atoms with E-state index < -0.39 is 12.4 Å². The lowest BCUT2D eigenvalue weighted by Crippen LogP contribution is -2.12. The molecule has 8 heteroatoms. The van der Waals surface area contributed by atoms with Gasteiger partial charge in [0.25, 0.3) is 5.91 Å². The molecule has 0 unspecified atom stereocenters. The summed E-state index contributed by atoms with van der Waals surface area (Å²) in [7, 11) is 0. The molecule has 1 aliphatic rings. The number of fused-ring (bicyclic) bond motifs is 1. The van der Waals surface area contributed by atoms with Gasteiger partial charge in [0.1, 0.15) is 11.6 Å². The minimum Gasteiger partial charge on any atom is -0.435 e. The number of rotatable bonds is 4. The fourth-order valence-electron chi connectivity index (χ4n) is 2.99. The molecule has 4 rings (SSSR count). The number of carbonyl (C=O) groups is 1. The smallest absolute Gasteiger partial charge is 0.387 e. The van der Waals surface area contributed by atoms with Crippen molar-refractivity contribution in [3.05, 3.63) is 58.9 Å². The normalized spacial score (nSPS) is 13.0. The highest BCUT2D eigenvalue weighted by atomic mass is 32.1. The predicted octanol–water partition coefficient (Wildman–Crippen LogP) is 4.46. The predicted molar refractivity (Wildman–Crippen MR) is 90.7 cm³/mol. The molecule has 132 valence electrons. The highest BCUT2D eigenvalue weighted by Crippen LogP contribution is 2.36. The van der Waals surface area contributed by atoms with Gasteiger partial charge in [0, 0.05) is 40.9 Å². The lowest BCUT2D eigenvalue weighted by molar-refractivity contribution is -0.0499. The second-order valence-corrected chi connectivity index (χ2v) is 6.32. The zero-order valence-electron chi connectivity index (χ0n) is 13.1. The van der Waals surface area contributed by atoms with Gasteiger partial charge in [0.05, 0.1) is 0 Å². The molecule has 0 bridgehead atoms.